The van der Waals surface area contributed by atoms with Crippen LogP contribution in [0.1, 0.15) is 30.1 Å². The molecule has 0 aliphatic carbocycles. The molecule has 3 nitrogen and oxygen atoms in total. The van der Waals surface area contributed by atoms with Crippen LogP contribution in [-0.2, 0) is 0 Å². The van der Waals surface area contributed by atoms with Crippen molar-refractivity contribution in [2.24, 2.45) is 5.92 Å². The summed E-state index contributed by atoms with van der Waals surface area (Å²) in [7, 11) is 0. The fourth-order valence-corrected chi connectivity index (χ4v) is 2.91. The van der Waals surface area contributed by atoms with Crippen LogP contribution >= 0.6 is 34.8 Å². The molecule has 0 bridgehead atoms. The van der Waals surface area contributed by atoms with Crippen molar-refractivity contribution in [1.82, 2.24) is 10.2 Å². The SMILES string of the molecule is CC1CCN(C(=S)NC(=O)c2cccc(I)c2)CC1. The minimum atomic E-state index is -0.123. The first-order valence-corrected chi connectivity index (χ1v) is 7.91. The maximum atomic E-state index is 12.1. The third-order valence-corrected chi connectivity index (χ3v) is 4.41. The fraction of sp³-hybridized carbons (Fsp3) is 0.429. The van der Waals surface area contributed by atoms with E-state index in [4.69, 9.17) is 12.2 Å². The summed E-state index contributed by atoms with van der Waals surface area (Å²) < 4.78 is 1.04. The van der Waals surface area contributed by atoms with Gasteiger partial charge in [0.1, 0.15) is 0 Å². The van der Waals surface area contributed by atoms with E-state index in [0.29, 0.717) is 10.7 Å². The average Bonchev–Trinajstić information content (AvgIpc) is 2.39. The Hall–Kier alpha value is -0.690. The van der Waals surface area contributed by atoms with Crippen LogP contribution in [0.2, 0.25) is 0 Å². The second-order valence-electron chi connectivity index (χ2n) is 4.94. The summed E-state index contributed by atoms with van der Waals surface area (Å²) in [5, 5.41) is 3.37. The van der Waals surface area contributed by atoms with Gasteiger partial charge in [-0.1, -0.05) is 13.0 Å². The summed E-state index contributed by atoms with van der Waals surface area (Å²) in [6.45, 7) is 4.13. The summed E-state index contributed by atoms with van der Waals surface area (Å²) in [4.78, 5) is 14.2. The van der Waals surface area contributed by atoms with Crippen LogP contribution in [0, 0.1) is 9.49 Å². The van der Waals surface area contributed by atoms with E-state index in [-0.39, 0.29) is 5.91 Å². The molecule has 5 heteroatoms. The van der Waals surface area contributed by atoms with Crippen LogP contribution in [0.4, 0.5) is 0 Å². The number of hydrogen-bond acceptors (Lipinski definition) is 2. The Morgan fingerprint density at radius 1 is 1.42 bits per heavy atom. The maximum Gasteiger partial charge on any atom is 0.257 e. The first kappa shape index (κ1) is 14.7. The monoisotopic (exact) mass is 388 g/mol. The van der Waals surface area contributed by atoms with Gasteiger partial charge < -0.3 is 4.90 Å². The molecule has 0 atom stereocenters. The molecule has 0 unspecified atom stereocenters. The van der Waals surface area contributed by atoms with Gasteiger partial charge in [-0.2, -0.15) is 0 Å². The van der Waals surface area contributed by atoms with E-state index in [0.717, 1.165) is 35.4 Å². The number of thiocarbonyl (C=S) groups is 1. The number of carbonyl (C=O) groups is 1. The number of likely N-dealkylation sites (tertiary alicyclic amines) is 1. The van der Waals surface area contributed by atoms with Crippen molar-refractivity contribution < 1.29 is 4.79 Å². The van der Waals surface area contributed by atoms with E-state index in [2.05, 4.69) is 39.7 Å². The molecule has 0 saturated carbocycles. The van der Waals surface area contributed by atoms with E-state index < -0.39 is 0 Å². The number of amides is 1. The standard InChI is InChI=1S/C14H17IN2OS/c1-10-5-7-17(8-6-10)14(19)16-13(18)11-3-2-4-12(15)9-11/h2-4,9-10H,5-8H2,1H3,(H,16,18,19). The van der Waals surface area contributed by atoms with Crippen molar-refractivity contribution in [3.05, 3.63) is 33.4 Å². The topological polar surface area (TPSA) is 32.3 Å². The summed E-state index contributed by atoms with van der Waals surface area (Å²) in [5.41, 5.74) is 0.652. The van der Waals surface area contributed by atoms with Gasteiger partial charge in [-0.05, 0) is 71.8 Å². The molecular formula is C14H17IN2OS. The molecule has 1 aliphatic heterocycles. The molecule has 1 heterocycles. The Morgan fingerprint density at radius 2 is 2.11 bits per heavy atom. The third-order valence-electron chi connectivity index (χ3n) is 3.38. The maximum absolute atomic E-state index is 12.1. The van der Waals surface area contributed by atoms with Gasteiger partial charge in [0.25, 0.3) is 5.91 Å². The van der Waals surface area contributed by atoms with Crippen molar-refractivity contribution in [3.63, 3.8) is 0 Å². The molecule has 1 N–H and O–H groups in total. The lowest BCUT2D eigenvalue weighted by Gasteiger charge is -2.32. The van der Waals surface area contributed by atoms with Crippen molar-refractivity contribution in [1.29, 1.82) is 0 Å². The second-order valence-corrected chi connectivity index (χ2v) is 6.57. The summed E-state index contributed by atoms with van der Waals surface area (Å²) in [6, 6.07) is 7.50. The Kier molecular flexibility index (Phi) is 5.15. The van der Waals surface area contributed by atoms with Crippen LogP contribution < -0.4 is 5.32 Å². The molecule has 0 radical (unpaired) electrons. The lowest BCUT2D eigenvalue weighted by Crippen LogP contribution is -2.46. The van der Waals surface area contributed by atoms with E-state index in [1.165, 1.54) is 0 Å². The van der Waals surface area contributed by atoms with E-state index in [9.17, 15) is 4.79 Å². The molecule has 1 amide bonds. The highest BCUT2D eigenvalue weighted by atomic mass is 127. The molecule has 1 fully saturated rings. The number of benzene rings is 1. The zero-order valence-corrected chi connectivity index (χ0v) is 13.8. The smallest absolute Gasteiger partial charge is 0.257 e. The Bertz CT molecular complexity index is 484. The number of rotatable bonds is 1. The van der Waals surface area contributed by atoms with Gasteiger partial charge in [-0.3, -0.25) is 10.1 Å². The van der Waals surface area contributed by atoms with Gasteiger partial charge in [0.05, 0.1) is 0 Å². The van der Waals surface area contributed by atoms with Gasteiger partial charge in [0.2, 0.25) is 0 Å². The molecule has 1 aromatic rings. The average molecular weight is 388 g/mol. The van der Waals surface area contributed by atoms with Crippen molar-refractivity contribution >= 4 is 45.8 Å². The molecule has 102 valence electrons. The number of hydrogen-bond donors (Lipinski definition) is 1. The molecular weight excluding hydrogens is 371 g/mol. The highest BCUT2D eigenvalue weighted by Crippen LogP contribution is 2.16. The van der Waals surface area contributed by atoms with Gasteiger partial charge in [-0.25, -0.2) is 0 Å². The zero-order valence-electron chi connectivity index (χ0n) is 10.9. The van der Waals surface area contributed by atoms with Gasteiger partial charge in [0.15, 0.2) is 5.11 Å². The molecule has 0 spiro atoms. The summed E-state index contributed by atoms with van der Waals surface area (Å²) >= 11 is 7.51. The summed E-state index contributed by atoms with van der Waals surface area (Å²) in [6.07, 6.45) is 2.28. The van der Waals surface area contributed by atoms with Crippen molar-refractivity contribution in [2.45, 2.75) is 19.8 Å². The quantitative estimate of drug-likeness (QED) is 0.593. The second kappa shape index (κ2) is 6.65. The van der Waals surface area contributed by atoms with Crippen molar-refractivity contribution in [3.8, 4) is 0 Å². The molecule has 1 aliphatic rings. The van der Waals surface area contributed by atoms with Crippen LogP contribution in [-0.4, -0.2) is 29.0 Å². The Balaban J connectivity index is 1.93. The minimum Gasteiger partial charge on any atom is -0.349 e. The van der Waals surface area contributed by atoms with Crippen LogP contribution in [0.15, 0.2) is 24.3 Å². The molecule has 19 heavy (non-hydrogen) atoms. The van der Waals surface area contributed by atoms with E-state index >= 15 is 0 Å². The number of halogens is 1. The zero-order chi connectivity index (χ0) is 13.8. The molecule has 1 aromatic carbocycles. The van der Waals surface area contributed by atoms with E-state index in [1.54, 1.807) is 6.07 Å². The van der Waals surface area contributed by atoms with Crippen LogP contribution in [0.25, 0.3) is 0 Å². The lowest BCUT2D eigenvalue weighted by molar-refractivity contribution is 0.0972. The molecule has 1 saturated heterocycles. The largest absolute Gasteiger partial charge is 0.349 e. The predicted molar refractivity (Wildman–Crippen MR) is 89.2 cm³/mol. The summed E-state index contributed by atoms with van der Waals surface area (Å²) in [5.74, 6) is 0.632. The minimum absolute atomic E-state index is 0.123. The van der Waals surface area contributed by atoms with Gasteiger partial charge in [-0.15, -0.1) is 0 Å². The Labute approximate surface area is 132 Å². The van der Waals surface area contributed by atoms with Crippen LogP contribution in [0.5, 0.6) is 0 Å². The van der Waals surface area contributed by atoms with E-state index in [1.807, 2.05) is 18.2 Å². The van der Waals surface area contributed by atoms with Crippen molar-refractivity contribution in [2.75, 3.05) is 13.1 Å². The first-order valence-electron chi connectivity index (χ1n) is 6.42. The number of nitrogens with zero attached hydrogens (tertiary/aromatic N) is 1. The number of nitrogens with one attached hydrogen (secondary N) is 1. The lowest BCUT2D eigenvalue weighted by atomic mass is 10.00. The van der Waals surface area contributed by atoms with Gasteiger partial charge >= 0.3 is 0 Å². The highest BCUT2D eigenvalue weighted by Gasteiger charge is 2.19. The Morgan fingerprint density at radius 3 is 2.74 bits per heavy atom. The fourth-order valence-electron chi connectivity index (χ4n) is 2.09. The molecule has 2 rings (SSSR count). The normalized spacial score (nSPS) is 16.2. The molecule has 0 aromatic heterocycles. The third kappa shape index (κ3) is 4.14. The predicted octanol–water partition coefficient (Wildman–Crippen LogP) is 3.04. The highest BCUT2D eigenvalue weighted by molar-refractivity contribution is 14.1. The number of piperidine rings is 1. The first-order chi connectivity index (χ1) is 9.06. The number of carbonyl (C=O) groups excluding carboxylic acids is 1. The van der Waals surface area contributed by atoms with Crippen LogP contribution in [0.3, 0.4) is 0 Å². The van der Waals surface area contributed by atoms with Gasteiger partial charge in [0, 0.05) is 22.2 Å².